The Bertz CT molecular complexity index is 955. The molecule has 0 aliphatic heterocycles. The van der Waals surface area contributed by atoms with Crippen molar-refractivity contribution in [2.75, 3.05) is 0 Å². The van der Waals surface area contributed by atoms with Gasteiger partial charge >= 0.3 is 5.97 Å². The standard InChI is InChI=1S/C28H42O6/c1-15-8-11-28(23(32)33)13-12-25(3)16(22(28)27(15,5)34)6-7-19-24(2)10-9-17(29)21(31)20(24)18(30)14-26(19,25)4/h6,15,17-20,22,29-30,34H,7-14H2,1-5H3,(H,32,33). The molecule has 190 valence electrons. The molecule has 0 aromatic heterocycles. The van der Waals surface area contributed by atoms with Crippen molar-refractivity contribution < 1.29 is 30.0 Å². The van der Waals surface area contributed by atoms with Gasteiger partial charge in [0, 0.05) is 5.92 Å². The van der Waals surface area contributed by atoms with Crippen molar-refractivity contribution in [1.82, 2.24) is 0 Å². The first-order chi connectivity index (χ1) is 15.7. The highest BCUT2D eigenvalue weighted by Crippen LogP contribution is 2.74. The molecule has 4 N–H and O–H groups in total. The summed E-state index contributed by atoms with van der Waals surface area (Å²) in [7, 11) is 0. The van der Waals surface area contributed by atoms with E-state index in [4.69, 9.17) is 0 Å². The number of hydrogen-bond acceptors (Lipinski definition) is 5. The Morgan fingerprint density at radius 2 is 1.71 bits per heavy atom. The third-order valence-electron chi connectivity index (χ3n) is 12.3. The van der Waals surface area contributed by atoms with Crippen molar-refractivity contribution in [3.8, 4) is 0 Å². The summed E-state index contributed by atoms with van der Waals surface area (Å²) in [5, 5.41) is 44.0. The number of carbonyl (C=O) groups excluding carboxylic acids is 1. The highest BCUT2D eigenvalue weighted by atomic mass is 16.4. The van der Waals surface area contributed by atoms with Crippen LogP contribution in [0.25, 0.3) is 0 Å². The maximum absolute atomic E-state index is 13.0. The first kappa shape index (κ1) is 24.5. The van der Waals surface area contributed by atoms with Crippen LogP contribution in [0.1, 0.15) is 86.0 Å². The topological polar surface area (TPSA) is 115 Å². The number of carboxylic acid groups (broad SMARTS) is 1. The van der Waals surface area contributed by atoms with Gasteiger partial charge in [-0.15, -0.1) is 0 Å². The summed E-state index contributed by atoms with van der Waals surface area (Å²) in [6.45, 7) is 10.4. The number of carbonyl (C=O) groups is 2. The largest absolute Gasteiger partial charge is 0.481 e. The van der Waals surface area contributed by atoms with Crippen LogP contribution in [-0.4, -0.2) is 50.0 Å². The minimum Gasteiger partial charge on any atom is -0.481 e. The van der Waals surface area contributed by atoms with Crippen molar-refractivity contribution in [1.29, 1.82) is 0 Å². The summed E-state index contributed by atoms with van der Waals surface area (Å²) in [6, 6.07) is 0. The van der Waals surface area contributed by atoms with Crippen LogP contribution in [0.15, 0.2) is 11.6 Å². The number of Topliss-reactive ketones (excluding diaryl/α,β-unsaturated/α-hetero) is 1. The molecule has 0 spiro atoms. The Hall–Kier alpha value is -1.24. The predicted molar refractivity (Wildman–Crippen MR) is 127 cm³/mol. The molecule has 0 saturated heterocycles. The van der Waals surface area contributed by atoms with E-state index in [9.17, 15) is 30.0 Å². The Labute approximate surface area is 202 Å². The summed E-state index contributed by atoms with van der Waals surface area (Å²) in [6.07, 6.45) is 5.16. The smallest absolute Gasteiger partial charge is 0.310 e. The number of hydrogen-bond donors (Lipinski definition) is 4. The number of aliphatic hydroxyl groups is 3. The van der Waals surface area contributed by atoms with Crippen molar-refractivity contribution in [2.24, 2.45) is 45.3 Å². The second-order valence-electron chi connectivity index (χ2n) is 13.5. The van der Waals surface area contributed by atoms with E-state index in [1.54, 1.807) is 0 Å². The second-order valence-corrected chi connectivity index (χ2v) is 13.5. The molecule has 0 bridgehead atoms. The maximum Gasteiger partial charge on any atom is 0.310 e. The van der Waals surface area contributed by atoms with E-state index in [1.807, 2.05) is 13.8 Å². The lowest BCUT2D eigenvalue weighted by atomic mass is 9.34. The molecule has 0 aromatic carbocycles. The first-order valence-electron chi connectivity index (χ1n) is 13.2. The molecule has 0 amide bonds. The van der Waals surface area contributed by atoms with E-state index in [0.29, 0.717) is 51.4 Å². The average Bonchev–Trinajstić information content (AvgIpc) is 2.74. The number of rotatable bonds is 1. The molecule has 11 unspecified atom stereocenters. The van der Waals surface area contributed by atoms with Gasteiger partial charge < -0.3 is 20.4 Å². The van der Waals surface area contributed by atoms with Crippen LogP contribution in [0.4, 0.5) is 0 Å². The van der Waals surface area contributed by atoms with Crippen LogP contribution in [0.2, 0.25) is 0 Å². The molecular formula is C28H42O6. The number of aliphatic hydroxyl groups excluding tert-OH is 2. The van der Waals surface area contributed by atoms with Gasteiger partial charge in [-0.25, -0.2) is 0 Å². The van der Waals surface area contributed by atoms with Crippen LogP contribution in [0, 0.1) is 45.3 Å². The van der Waals surface area contributed by atoms with Gasteiger partial charge in [-0.05, 0) is 86.4 Å². The highest BCUT2D eigenvalue weighted by molar-refractivity contribution is 5.87. The summed E-state index contributed by atoms with van der Waals surface area (Å²) < 4.78 is 0. The molecule has 11 atom stereocenters. The molecule has 34 heavy (non-hydrogen) atoms. The molecule has 0 aromatic rings. The molecule has 4 fully saturated rings. The SMILES string of the molecule is CC1CCC2(C(=O)O)CCC3(C)C(=CCC4C5(C)CCC(O)C(=O)C5C(O)CC43C)C2C1(C)O. The van der Waals surface area contributed by atoms with Crippen molar-refractivity contribution in [3.63, 3.8) is 0 Å². The zero-order chi connectivity index (χ0) is 25.1. The van der Waals surface area contributed by atoms with Gasteiger partial charge in [0.15, 0.2) is 5.78 Å². The average molecular weight is 475 g/mol. The summed E-state index contributed by atoms with van der Waals surface area (Å²) in [5.74, 6) is -1.91. The first-order valence-corrected chi connectivity index (χ1v) is 13.2. The van der Waals surface area contributed by atoms with Crippen LogP contribution in [0.3, 0.4) is 0 Å². The number of ketones is 1. The summed E-state index contributed by atoms with van der Waals surface area (Å²) in [5.41, 5.74) is -2.17. The monoisotopic (exact) mass is 474 g/mol. The molecule has 5 rings (SSSR count). The number of aliphatic carboxylic acids is 1. The fraction of sp³-hybridized carbons (Fsp3) is 0.857. The van der Waals surface area contributed by atoms with Crippen LogP contribution in [0.5, 0.6) is 0 Å². The third-order valence-corrected chi connectivity index (χ3v) is 12.3. The molecule has 5 aliphatic rings. The van der Waals surface area contributed by atoms with E-state index < -0.39 is 46.4 Å². The van der Waals surface area contributed by atoms with Gasteiger partial charge in [-0.2, -0.15) is 0 Å². The Balaban J connectivity index is 1.66. The van der Waals surface area contributed by atoms with Crippen LogP contribution in [-0.2, 0) is 9.59 Å². The van der Waals surface area contributed by atoms with E-state index in [2.05, 4.69) is 26.8 Å². The van der Waals surface area contributed by atoms with E-state index >= 15 is 0 Å². The van der Waals surface area contributed by atoms with Crippen LogP contribution >= 0.6 is 0 Å². The Kier molecular flexibility index (Phi) is 5.15. The van der Waals surface area contributed by atoms with Gasteiger partial charge in [0.1, 0.15) is 6.10 Å². The van der Waals surface area contributed by atoms with Crippen molar-refractivity contribution >= 4 is 11.8 Å². The quantitative estimate of drug-likeness (QED) is 0.431. The van der Waals surface area contributed by atoms with Gasteiger partial charge in [-0.3, -0.25) is 9.59 Å². The lowest BCUT2D eigenvalue weighted by molar-refractivity contribution is -0.216. The molecule has 0 radical (unpaired) electrons. The van der Waals surface area contributed by atoms with Gasteiger partial charge in [0.25, 0.3) is 0 Å². The van der Waals surface area contributed by atoms with E-state index in [1.165, 1.54) is 0 Å². The Morgan fingerprint density at radius 3 is 2.35 bits per heavy atom. The zero-order valence-electron chi connectivity index (χ0n) is 21.3. The fourth-order valence-electron chi connectivity index (χ4n) is 9.97. The third kappa shape index (κ3) is 2.68. The number of fused-ring (bicyclic) bond motifs is 7. The Morgan fingerprint density at radius 1 is 1.03 bits per heavy atom. The molecule has 6 nitrogen and oxygen atoms in total. The molecular weight excluding hydrogens is 432 g/mol. The lowest BCUT2D eigenvalue weighted by Crippen LogP contribution is -2.69. The number of allylic oxidation sites excluding steroid dienone is 1. The highest BCUT2D eigenvalue weighted by Gasteiger charge is 2.72. The molecule has 4 saturated carbocycles. The van der Waals surface area contributed by atoms with Crippen molar-refractivity contribution in [2.45, 2.75) is 104 Å². The molecule has 5 aliphatic carbocycles. The normalized spacial score (nSPS) is 56.9. The molecule has 6 heteroatoms. The lowest BCUT2D eigenvalue weighted by Gasteiger charge is -2.70. The van der Waals surface area contributed by atoms with Crippen LogP contribution < -0.4 is 0 Å². The second kappa shape index (κ2) is 7.17. The molecule has 0 heterocycles. The summed E-state index contributed by atoms with van der Waals surface area (Å²) >= 11 is 0. The van der Waals surface area contributed by atoms with E-state index in [-0.39, 0.29) is 28.4 Å². The number of carboxylic acids is 1. The zero-order valence-corrected chi connectivity index (χ0v) is 21.3. The fourth-order valence-corrected chi connectivity index (χ4v) is 9.97. The predicted octanol–water partition coefficient (Wildman–Crippen LogP) is 3.72. The van der Waals surface area contributed by atoms with Crippen molar-refractivity contribution in [3.05, 3.63) is 11.6 Å². The summed E-state index contributed by atoms with van der Waals surface area (Å²) in [4.78, 5) is 25.8. The minimum atomic E-state index is -1.13. The van der Waals surface area contributed by atoms with Gasteiger partial charge in [0.05, 0.1) is 23.0 Å². The van der Waals surface area contributed by atoms with Gasteiger partial charge in [-0.1, -0.05) is 39.3 Å². The van der Waals surface area contributed by atoms with Gasteiger partial charge in [0.2, 0.25) is 0 Å². The minimum absolute atomic E-state index is 0.00458. The van der Waals surface area contributed by atoms with E-state index in [0.717, 1.165) is 5.57 Å². The maximum atomic E-state index is 13.0.